The van der Waals surface area contributed by atoms with Gasteiger partial charge in [-0.1, -0.05) is 18.2 Å². The lowest BCUT2D eigenvalue weighted by Gasteiger charge is -2.30. The molecule has 1 aromatic heterocycles. The Labute approximate surface area is 129 Å². The standard InChI is InChI=1S/C13H18F3N3O2S/c1-18-11(22-2)17-10(20)19(12(18)21)7-8-4-3-5-9(6-8)13(14,15)16/h8-9H,3-7H2,1-2H3/t8-,9-/m1/s1. The molecule has 5 nitrogen and oxygen atoms in total. The summed E-state index contributed by atoms with van der Waals surface area (Å²) in [5, 5.41) is 0.295. The van der Waals surface area contributed by atoms with Gasteiger partial charge in [-0.05, 0) is 31.4 Å². The Bertz CT molecular complexity index is 653. The van der Waals surface area contributed by atoms with E-state index in [1.807, 2.05) is 0 Å². The van der Waals surface area contributed by atoms with Gasteiger partial charge in [-0.3, -0.25) is 4.57 Å². The fraction of sp³-hybridized carbons (Fsp3) is 0.769. The van der Waals surface area contributed by atoms with Gasteiger partial charge in [0.15, 0.2) is 5.16 Å². The minimum atomic E-state index is -4.21. The van der Waals surface area contributed by atoms with Crippen LogP contribution in [0.15, 0.2) is 14.7 Å². The van der Waals surface area contributed by atoms with Gasteiger partial charge in [-0.15, -0.1) is 0 Å². The highest BCUT2D eigenvalue weighted by atomic mass is 32.2. The normalized spacial score (nSPS) is 22.8. The zero-order valence-corrected chi connectivity index (χ0v) is 13.2. The molecule has 0 radical (unpaired) electrons. The highest BCUT2D eigenvalue weighted by molar-refractivity contribution is 7.98. The van der Waals surface area contributed by atoms with E-state index >= 15 is 0 Å². The number of hydrogen-bond donors (Lipinski definition) is 0. The quantitative estimate of drug-likeness (QED) is 0.792. The zero-order valence-electron chi connectivity index (χ0n) is 12.4. The van der Waals surface area contributed by atoms with Crippen LogP contribution in [0.4, 0.5) is 13.2 Å². The summed E-state index contributed by atoms with van der Waals surface area (Å²) in [4.78, 5) is 27.9. The SMILES string of the molecule is CSc1nc(=O)n(C[C@@H]2CCC[C@@H](C(F)(F)F)C2)c(=O)n1C. The second kappa shape index (κ2) is 6.47. The predicted octanol–water partition coefficient (Wildman–Crippen LogP) is 2.03. The van der Waals surface area contributed by atoms with Gasteiger partial charge >= 0.3 is 17.6 Å². The van der Waals surface area contributed by atoms with E-state index in [1.165, 1.54) is 23.4 Å². The first-order chi connectivity index (χ1) is 10.2. The summed E-state index contributed by atoms with van der Waals surface area (Å²) in [6, 6.07) is 0. The molecule has 22 heavy (non-hydrogen) atoms. The largest absolute Gasteiger partial charge is 0.391 e. The van der Waals surface area contributed by atoms with Gasteiger partial charge in [-0.25, -0.2) is 14.2 Å². The summed E-state index contributed by atoms with van der Waals surface area (Å²) in [5.74, 6) is -1.67. The van der Waals surface area contributed by atoms with E-state index in [1.54, 1.807) is 6.26 Å². The van der Waals surface area contributed by atoms with Gasteiger partial charge in [0.05, 0.1) is 5.92 Å². The lowest BCUT2D eigenvalue weighted by Crippen LogP contribution is -2.43. The van der Waals surface area contributed by atoms with Gasteiger partial charge in [0, 0.05) is 13.6 Å². The van der Waals surface area contributed by atoms with Crippen LogP contribution in [0.2, 0.25) is 0 Å². The number of hydrogen-bond acceptors (Lipinski definition) is 4. The van der Waals surface area contributed by atoms with Crippen LogP contribution in [-0.4, -0.2) is 26.6 Å². The number of nitrogens with zero attached hydrogens (tertiary/aromatic N) is 3. The first kappa shape index (κ1) is 17.1. The van der Waals surface area contributed by atoms with Crippen molar-refractivity contribution in [1.29, 1.82) is 0 Å². The number of halogens is 3. The molecular formula is C13H18F3N3O2S. The molecule has 0 N–H and O–H groups in total. The molecule has 0 unspecified atom stereocenters. The van der Waals surface area contributed by atoms with Crippen molar-refractivity contribution in [2.75, 3.05) is 6.26 Å². The Balaban J connectivity index is 2.23. The van der Waals surface area contributed by atoms with Crippen LogP contribution < -0.4 is 11.4 Å². The maximum absolute atomic E-state index is 12.8. The van der Waals surface area contributed by atoms with Crippen molar-refractivity contribution >= 4 is 11.8 Å². The van der Waals surface area contributed by atoms with Crippen molar-refractivity contribution in [1.82, 2.24) is 14.1 Å². The Kier molecular flexibility index (Phi) is 5.03. The first-order valence-electron chi connectivity index (χ1n) is 7.02. The fourth-order valence-corrected chi connectivity index (χ4v) is 3.43. The maximum atomic E-state index is 12.8. The van der Waals surface area contributed by atoms with Crippen LogP contribution in [0.25, 0.3) is 0 Å². The molecule has 1 fully saturated rings. The van der Waals surface area contributed by atoms with Gasteiger partial charge in [0.2, 0.25) is 0 Å². The number of thioether (sulfide) groups is 1. The average molecular weight is 337 g/mol. The number of aromatic nitrogens is 3. The van der Waals surface area contributed by atoms with Crippen molar-refractivity contribution in [3.63, 3.8) is 0 Å². The topological polar surface area (TPSA) is 56.9 Å². The highest BCUT2D eigenvalue weighted by Gasteiger charge is 2.42. The van der Waals surface area contributed by atoms with E-state index in [9.17, 15) is 22.8 Å². The zero-order chi connectivity index (χ0) is 16.5. The predicted molar refractivity (Wildman–Crippen MR) is 77.0 cm³/mol. The summed E-state index contributed by atoms with van der Waals surface area (Å²) >= 11 is 1.17. The third kappa shape index (κ3) is 3.56. The highest BCUT2D eigenvalue weighted by Crippen LogP contribution is 2.40. The third-order valence-corrected chi connectivity index (χ3v) is 4.83. The average Bonchev–Trinajstić information content (AvgIpc) is 2.47. The van der Waals surface area contributed by atoms with Crippen molar-refractivity contribution in [2.45, 2.75) is 43.6 Å². The molecule has 1 heterocycles. The molecule has 1 aliphatic rings. The van der Waals surface area contributed by atoms with Crippen LogP contribution >= 0.6 is 11.8 Å². The summed E-state index contributed by atoms with van der Waals surface area (Å²) in [7, 11) is 1.50. The van der Waals surface area contributed by atoms with Crippen molar-refractivity contribution in [3.05, 3.63) is 21.0 Å². The molecular weight excluding hydrogens is 319 g/mol. The molecule has 0 saturated heterocycles. The first-order valence-corrected chi connectivity index (χ1v) is 8.25. The smallest absolute Gasteiger partial charge is 0.275 e. The van der Waals surface area contributed by atoms with E-state index in [-0.39, 0.29) is 25.3 Å². The minimum Gasteiger partial charge on any atom is -0.275 e. The van der Waals surface area contributed by atoms with Crippen molar-refractivity contribution in [2.24, 2.45) is 18.9 Å². The molecule has 0 bridgehead atoms. The van der Waals surface area contributed by atoms with Crippen molar-refractivity contribution < 1.29 is 13.2 Å². The Hall–Kier alpha value is -1.25. The summed E-state index contributed by atoms with van der Waals surface area (Å²) < 4.78 is 40.7. The van der Waals surface area contributed by atoms with Gasteiger partial charge in [0.25, 0.3) is 0 Å². The van der Waals surface area contributed by atoms with E-state index in [0.29, 0.717) is 18.0 Å². The lowest BCUT2D eigenvalue weighted by molar-refractivity contribution is -0.186. The lowest BCUT2D eigenvalue weighted by atomic mass is 9.81. The minimum absolute atomic E-state index is 0.000250. The van der Waals surface area contributed by atoms with Gasteiger partial charge in [0.1, 0.15) is 0 Å². The van der Waals surface area contributed by atoms with Gasteiger partial charge in [-0.2, -0.15) is 18.2 Å². The molecule has 9 heteroatoms. The van der Waals surface area contributed by atoms with E-state index in [0.717, 1.165) is 4.57 Å². The molecule has 0 aliphatic heterocycles. The molecule has 0 spiro atoms. The third-order valence-electron chi connectivity index (χ3n) is 4.10. The Morgan fingerprint density at radius 2 is 2.00 bits per heavy atom. The number of alkyl halides is 3. The van der Waals surface area contributed by atoms with E-state index in [4.69, 9.17) is 0 Å². The summed E-state index contributed by atoms with van der Waals surface area (Å²) in [6.45, 7) is -0.000250. The van der Waals surface area contributed by atoms with Crippen LogP contribution in [-0.2, 0) is 13.6 Å². The molecule has 2 rings (SSSR count). The van der Waals surface area contributed by atoms with E-state index < -0.39 is 23.5 Å². The molecule has 1 aliphatic carbocycles. The Morgan fingerprint density at radius 1 is 1.32 bits per heavy atom. The fourth-order valence-electron chi connectivity index (χ4n) is 2.91. The van der Waals surface area contributed by atoms with Crippen molar-refractivity contribution in [3.8, 4) is 0 Å². The molecule has 0 aromatic carbocycles. The van der Waals surface area contributed by atoms with Crippen LogP contribution in [0, 0.1) is 11.8 Å². The molecule has 124 valence electrons. The van der Waals surface area contributed by atoms with Crippen LogP contribution in [0.1, 0.15) is 25.7 Å². The van der Waals surface area contributed by atoms with E-state index in [2.05, 4.69) is 4.98 Å². The van der Waals surface area contributed by atoms with Gasteiger partial charge < -0.3 is 0 Å². The second-order valence-electron chi connectivity index (χ2n) is 5.60. The Morgan fingerprint density at radius 3 is 2.59 bits per heavy atom. The molecule has 2 atom stereocenters. The number of rotatable bonds is 3. The molecule has 1 aromatic rings. The maximum Gasteiger partial charge on any atom is 0.391 e. The second-order valence-corrected chi connectivity index (χ2v) is 6.38. The molecule has 1 saturated carbocycles. The molecule has 0 amide bonds. The summed E-state index contributed by atoms with van der Waals surface area (Å²) in [5.41, 5.74) is -1.22. The van der Waals surface area contributed by atoms with Crippen LogP contribution in [0.5, 0.6) is 0 Å². The van der Waals surface area contributed by atoms with Crippen LogP contribution in [0.3, 0.4) is 0 Å². The summed E-state index contributed by atoms with van der Waals surface area (Å²) in [6.07, 6.45) is -1.39. The monoisotopic (exact) mass is 337 g/mol.